The Morgan fingerprint density at radius 1 is 1.30 bits per heavy atom. The Bertz CT molecular complexity index is 507. The smallest absolute Gasteiger partial charge is 0.128 e. The largest absolute Gasteiger partial charge is 0.395 e. The van der Waals surface area contributed by atoms with Gasteiger partial charge in [0.1, 0.15) is 5.82 Å². The van der Waals surface area contributed by atoms with Gasteiger partial charge in [-0.25, -0.2) is 4.39 Å². The lowest BCUT2D eigenvalue weighted by Gasteiger charge is -2.16. The normalized spacial score (nSPS) is 22.6. The van der Waals surface area contributed by atoms with Crippen molar-refractivity contribution in [3.8, 4) is 11.8 Å². The first-order valence-electron chi connectivity index (χ1n) is 7.20. The van der Waals surface area contributed by atoms with Gasteiger partial charge < -0.3 is 5.11 Å². The summed E-state index contributed by atoms with van der Waals surface area (Å²) in [5.41, 5.74) is 1.40. The molecule has 1 saturated heterocycles. The van der Waals surface area contributed by atoms with E-state index in [0.717, 1.165) is 18.7 Å². The summed E-state index contributed by atoms with van der Waals surface area (Å²) in [6.45, 7) is 7.29. The quantitative estimate of drug-likeness (QED) is 0.857. The van der Waals surface area contributed by atoms with Crippen LogP contribution in [-0.2, 0) is 6.54 Å². The Morgan fingerprint density at radius 2 is 2.00 bits per heavy atom. The van der Waals surface area contributed by atoms with Crippen LogP contribution in [0.1, 0.15) is 31.4 Å². The monoisotopic (exact) mass is 275 g/mol. The maximum absolute atomic E-state index is 14.1. The molecule has 0 saturated carbocycles. The summed E-state index contributed by atoms with van der Waals surface area (Å²) >= 11 is 0. The van der Waals surface area contributed by atoms with Gasteiger partial charge in [0, 0.05) is 37.2 Å². The first-order valence-corrected chi connectivity index (χ1v) is 7.20. The first-order chi connectivity index (χ1) is 9.60. The van der Waals surface area contributed by atoms with Crippen molar-refractivity contribution in [2.45, 2.75) is 26.8 Å². The van der Waals surface area contributed by atoms with Crippen molar-refractivity contribution in [1.82, 2.24) is 4.90 Å². The van der Waals surface area contributed by atoms with E-state index in [9.17, 15) is 4.39 Å². The van der Waals surface area contributed by atoms with Gasteiger partial charge in [-0.05, 0) is 24.0 Å². The molecule has 2 rings (SSSR count). The second-order valence-electron chi connectivity index (χ2n) is 5.73. The molecule has 1 aliphatic heterocycles. The SMILES string of the molecule is CC1CN(Cc2ccc(C#CCCO)cc2F)CC1C. The summed E-state index contributed by atoms with van der Waals surface area (Å²) in [4.78, 5) is 2.31. The maximum atomic E-state index is 14.1. The number of hydrogen-bond donors (Lipinski definition) is 1. The van der Waals surface area contributed by atoms with Crippen LogP contribution < -0.4 is 0 Å². The second kappa shape index (κ2) is 6.88. The highest BCUT2D eigenvalue weighted by atomic mass is 19.1. The number of aliphatic hydroxyl groups is 1. The van der Waals surface area contributed by atoms with Crippen LogP contribution >= 0.6 is 0 Å². The van der Waals surface area contributed by atoms with Gasteiger partial charge in [-0.15, -0.1) is 0 Å². The van der Waals surface area contributed by atoms with E-state index in [4.69, 9.17) is 5.11 Å². The number of halogens is 1. The Labute approximate surface area is 120 Å². The number of hydrogen-bond acceptors (Lipinski definition) is 2. The number of aliphatic hydroxyl groups excluding tert-OH is 1. The zero-order valence-electron chi connectivity index (χ0n) is 12.2. The van der Waals surface area contributed by atoms with Gasteiger partial charge in [0.25, 0.3) is 0 Å². The van der Waals surface area contributed by atoms with E-state index in [1.54, 1.807) is 0 Å². The van der Waals surface area contributed by atoms with Crippen LogP contribution in [0.4, 0.5) is 4.39 Å². The zero-order valence-corrected chi connectivity index (χ0v) is 12.2. The third kappa shape index (κ3) is 3.82. The molecule has 0 aliphatic carbocycles. The molecule has 1 aromatic carbocycles. The fourth-order valence-corrected chi connectivity index (χ4v) is 2.59. The van der Waals surface area contributed by atoms with Gasteiger partial charge in [0.05, 0.1) is 6.61 Å². The van der Waals surface area contributed by atoms with Gasteiger partial charge in [0.15, 0.2) is 0 Å². The summed E-state index contributed by atoms with van der Waals surface area (Å²) in [6, 6.07) is 5.17. The van der Waals surface area contributed by atoms with E-state index in [2.05, 4.69) is 30.6 Å². The Kier molecular flexibility index (Phi) is 5.17. The van der Waals surface area contributed by atoms with Gasteiger partial charge in [-0.2, -0.15) is 0 Å². The predicted molar refractivity (Wildman–Crippen MR) is 78.6 cm³/mol. The molecule has 108 valence electrons. The third-order valence-electron chi connectivity index (χ3n) is 3.98. The standard InChI is InChI=1S/C17H22FNO/c1-13-10-19(11-14(13)2)12-16-7-6-15(9-17(16)18)5-3-4-8-20/h6-7,9,13-14,20H,4,8,10-12H2,1-2H3. The number of likely N-dealkylation sites (tertiary alicyclic amines) is 1. The fraction of sp³-hybridized carbons (Fsp3) is 0.529. The molecule has 2 nitrogen and oxygen atoms in total. The highest BCUT2D eigenvalue weighted by molar-refractivity contribution is 5.37. The van der Waals surface area contributed by atoms with Crippen molar-refractivity contribution in [3.63, 3.8) is 0 Å². The molecule has 0 bridgehead atoms. The summed E-state index contributed by atoms with van der Waals surface area (Å²) in [5, 5.41) is 8.66. The minimum atomic E-state index is -0.187. The first kappa shape index (κ1) is 15.0. The van der Waals surface area contributed by atoms with Crippen molar-refractivity contribution in [2.75, 3.05) is 19.7 Å². The van der Waals surface area contributed by atoms with E-state index >= 15 is 0 Å². The third-order valence-corrected chi connectivity index (χ3v) is 3.98. The summed E-state index contributed by atoms with van der Waals surface area (Å²) in [5.74, 6) is 6.84. The predicted octanol–water partition coefficient (Wildman–Crippen LogP) is 2.65. The van der Waals surface area contributed by atoms with E-state index in [1.165, 1.54) is 6.07 Å². The average Bonchev–Trinajstić information content (AvgIpc) is 2.72. The molecule has 2 atom stereocenters. The van der Waals surface area contributed by atoms with Gasteiger partial charge in [-0.3, -0.25) is 4.90 Å². The molecule has 0 spiro atoms. The van der Waals surface area contributed by atoms with Crippen molar-refractivity contribution < 1.29 is 9.50 Å². The summed E-state index contributed by atoms with van der Waals surface area (Å²) in [7, 11) is 0. The average molecular weight is 275 g/mol. The van der Waals surface area contributed by atoms with Gasteiger partial charge in [-0.1, -0.05) is 31.8 Å². The Hall–Kier alpha value is -1.37. The van der Waals surface area contributed by atoms with Crippen LogP contribution in [0.5, 0.6) is 0 Å². The maximum Gasteiger partial charge on any atom is 0.128 e. The lowest BCUT2D eigenvalue weighted by atomic mass is 10.0. The molecular weight excluding hydrogens is 253 g/mol. The van der Waals surface area contributed by atoms with E-state index in [1.807, 2.05) is 12.1 Å². The summed E-state index contributed by atoms with van der Waals surface area (Å²) in [6.07, 6.45) is 0.424. The van der Waals surface area contributed by atoms with Crippen molar-refractivity contribution >= 4 is 0 Å². The minimum Gasteiger partial charge on any atom is -0.395 e. The Balaban J connectivity index is 2.02. The second-order valence-corrected chi connectivity index (χ2v) is 5.73. The lowest BCUT2D eigenvalue weighted by molar-refractivity contribution is 0.305. The highest BCUT2D eigenvalue weighted by Crippen LogP contribution is 2.24. The van der Waals surface area contributed by atoms with Crippen molar-refractivity contribution in [2.24, 2.45) is 11.8 Å². The minimum absolute atomic E-state index is 0.0406. The molecule has 2 unspecified atom stereocenters. The van der Waals surface area contributed by atoms with Gasteiger partial charge in [0.2, 0.25) is 0 Å². The fourth-order valence-electron chi connectivity index (χ4n) is 2.59. The summed E-state index contributed by atoms with van der Waals surface area (Å²) < 4.78 is 14.1. The molecule has 1 fully saturated rings. The molecule has 0 aromatic heterocycles. The number of rotatable bonds is 3. The lowest BCUT2D eigenvalue weighted by Crippen LogP contribution is -2.20. The zero-order chi connectivity index (χ0) is 14.5. The van der Waals surface area contributed by atoms with Crippen LogP contribution in [0.2, 0.25) is 0 Å². The van der Waals surface area contributed by atoms with E-state index in [0.29, 0.717) is 30.4 Å². The van der Waals surface area contributed by atoms with Gasteiger partial charge >= 0.3 is 0 Å². The topological polar surface area (TPSA) is 23.5 Å². The van der Waals surface area contributed by atoms with Crippen LogP contribution in [0.15, 0.2) is 18.2 Å². The number of nitrogens with zero attached hydrogens (tertiary/aromatic N) is 1. The molecule has 0 radical (unpaired) electrons. The molecule has 0 amide bonds. The molecule has 1 aromatic rings. The van der Waals surface area contributed by atoms with Crippen molar-refractivity contribution in [3.05, 3.63) is 35.1 Å². The molecule has 3 heteroatoms. The van der Waals surface area contributed by atoms with Crippen LogP contribution in [0.25, 0.3) is 0 Å². The molecule has 1 heterocycles. The number of benzene rings is 1. The Morgan fingerprint density at radius 3 is 2.60 bits per heavy atom. The van der Waals surface area contributed by atoms with Crippen LogP contribution in [0.3, 0.4) is 0 Å². The van der Waals surface area contributed by atoms with Crippen LogP contribution in [-0.4, -0.2) is 29.7 Å². The molecule has 1 N–H and O–H groups in total. The molecule has 1 aliphatic rings. The highest BCUT2D eigenvalue weighted by Gasteiger charge is 2.26. The molecular formula is C17H22FNO. The van der Waals surface area contributed by atoms with Crippen LogP contribution in [0, 0.1) is 29.5 Å². The molecule has 20 heavy (non-hydrogen) atoms. The van der Waals surface area contributed by atoms with E-state index < -0.39 is 0 Å². The van der Waals surface area contributed by atoms with Crippen molar-refractivity contribution in [1.29, 1.82) is 0 Å². The van der Waals surface area contributed by atoms with E-state index in [-0.39, 0.29) is 12.4 Å².